The van der Waals surface area contributed by atoms with Gasteiger partial charge in [-0.15, -0.1) is 0 Å². The van der Waals surface area contributed by atoms with E-state index >= 15 is 0 Å². The van der Waals surface area contributed by atoms with Crippen LogP contribution in [0.1, 0.15) is 29.8 Å². The van der Waals surface area contributed by atoms with E-state index in [1.165, 1.54) is 6.07 Å². The Morgan fingerprint density at radius 2 is 2.00 bits per heavy atom. The summed E-state index contributed by atoms with van der Waals surface area (Å²) in [4.78, 5) is 12.1. The molecule has 0 aromatic heterocycles. The Morgan fingerprint density at radius 1 is 1.40 bits per heavy atom. The lowest BCUT2D eigenvalue weighted by Crippen LogP contribution is -2.43. The third kappa shape index (κ3) is 4.21. The molecular weight excluding hydrogens is 337 g/mol. The number of nitrogens with two attached hydrogens (primary N) is 1. The molecule has 1 rings (SSSR count). The van der Waals surface area contributed by atoms with Crippen molar-refractivity contribution in [3.63, 3.8) is 0 Å². The molecule has 0 aliphatic heterocycles. The van der Waals surface area contributed by atoms with Crippen molar-refractivity contribution < 1.29 is 18.0 Å². The van der Waals surface area contributed by atoms with Crippen molar-refractivity contribution in [2.75, 3.05) is 6.54 Å². The maximum absolute atomic E-state index is 12.7. The molecule has 0 saturated carbocycles. The normalized spacial score (nSPS) is 13.4. The van der Waals surface area contributed by atoms with Crippen LogP contribution in [0.15, 0.2) is 22.7 Å². The molecule has 1 amide bonds. The lowest BCUT2D eigenvalue weighted by molar-refractivity contribution is -0.137. The van der Waals surface area contributed by atoms with Crippen LogP contribution in [0, 0.1) is 5.92 Å². The van der Waals surface area contributed by atoms with E-state index in [-0.39, 0.29) is 24.1 Å². The molecule has 0 fully saturated rings. The lowest BCUT2D eigenvalue weighted by Gasteiger charge is -2.21. The number of benzene rings is 1. The first-order chi connectivity index (χ1) is 9.16. The second kappa shape index (κ2) is 6.58. The van der Waals surface area contributed by atoms with Gasteiger partial charge in [-0.05, 0) is 40.0 Å². The highest BCUT2D eigenvalue weighted by Gasteiger charge is 2.31. The third-order valence-electron chi connectivity index (χ3n) is 2.91. The van der Waals surface area contributed by atoms with Gasteiger partial charge in [0.25, 0.3) is 5.91 Å². The minimum Gasteiger partial charge on any atom is -0.348 e. The van der Waals surface area contributed by atoms with Gasteiger partial charge in [-0.1, -0.05) is 13.8 Å². The van der Waals surface area contributed by atoms with Crippen molar-refractivity contribution >= 4 is 21.8 Å². The Balaban J connectivity index is 3.03. The standard InChI is InChI=1S/C13H16BrF3N2O/c1-7(2)11(6-18)19-12(20)9-5-8(13(15,16)17)3-4-10(9)14/h3-5,7,11H,6,18H2,1-2H3,(H,19,20). The highest BCUT2D eigenvalue weighted by molar-refractivity contribution is 9.10. The van der Waals surface area contributed by atoms with Crippen LogP contribution in [0.2, 0.25) is 0 Å². The van der Waals surface area contributed by atoms with Crippen LogP contribution in [-0.4, -0.2) is 18.5 Å². The van der Waals surface area contributed by atoms with Crippen molar-refractivity contribution in [2.45, 2.75) is 26.1 Å². The molecule has 0 saturated heterocycles. The van der Waals surface area contributed by atoms with Gasteiger partial charge in [0.1, 0.15) is 0 Å². The smallest absolute Gasteiger partial charge is 0.348 e. The molecule has 112 valence electrons. The van der Waals surface area contributed by atoms with Gasteiger partial charge in [0.2, 0.25) is 0 Å². The van der Waals surface area contributed by atoms with Crippen LogP contribution >= 0.6 is 15.9 Å². The van der Waals surface area contributed by atoms with E-state index < -0.39 is 17.6 Å². The number of alkyl halides is 3. The van der Waals surface area contributed by atoms with Crippen molar-refractivity contribution in [3.05, 3.63) is 33.8 Å². The van der Waals surface area contributed by atoms with E-state index in [1.54, 1.807) is 0 Å². The summed E-state index contributed by atoms with van der Waals surface area (Å²) in [5.74, 6) is -0.486. The van der Waals surface area contributed by atoms with E-state index in [4.69, 9.17) is 5.73 Å². The molecule has 0 heterocycles. The molecule has 0 aliphatic rings. The number of halogens is 4. The summed E-state index contributed by atoms with van der Waals surface area (Å²) in [5, 5.41) is 2.64. The first kappa shape index (κ1) is 17.0. The molecule has 0 radical (unpaired) electrons. The van der Waals surface area contributed by atoms with Crippen molar-refractivity contribution in [1.82, 2.24) is 5.32 Å². The average Bonchev–Trinajstić information content (AvgIpc) is 2.34. The summed E-state index contributed by atoms with van der Waals surface area (Å²) in [7, 11) is 0. The predicted octanol–water partition coefficient (Wildman–Crippen LogP) is 3.18. The number of carbonyl (C=O) groups is 1. The van der Waals surface area contributed by atoms with Gasteiger partial charge in [0, 0.05) is 17.1 Å². The monoisotopic (exact) mass is 352 g/mol. The van der Waals surface area contributed by atoms with Gasteiger partial charge in [0.05, 0.1) is 11.1 Å². The zero-order valence-electron chi connectivity index (χ0n) is 11.1. The fourth-order valence-electron chi connectivity index (χ4n) is 1.62. The van der Waals surface area contributed by atoms with Crippen molar-refractivity contribution in [1.29, 1.82) is 0 Å². The molecule has 0 bridgehead atoms. The number of nitrogens with one attached hydrogen (secondary N) is 1. The summed E-state index contributed by atoms with van der Waals surface area (Å²) in [6.07, 6.45) is -4.49. The van der Waals surface area contributed by atoms with Gasteiger partial charge in [-0.25, -0.2) is 0 Å². The number of amides is 1. The summed E-state index contributed by atoms with van der Waals surface area (Å²) in [5.41, 5.74) is 4.61. The van der Waals surface area contributed by atoms with Gasteiger partial charge in [-0.2, -0.15) is 13.2 Å². The number of hydrogen-bond acceptors (Lipinski definition) is 2. The van der Waals surface area contributed by atoms with Crippen LogP contribution in [0.3, 0.4) is 0 Å². The average molecular weight is 353 g/mol. The molecule has 3 nitrogen and oxygen atoms in total. The molecule has 1 unspecified atom stereocenters. The topological polar surface area (TPSA) is 55.1 Å². The van der Waals surface area contributed by atoms with Crippen LogP contribution in [0.4, 0.5) is 13.2 Å². The quantitative estimate of drug-likeness (QED) is 0.874. The van der Waals surface area contributed by atoms with Gasteiger partial charge < -0.3 is 11.1 Å². The number of rotatable bonds is 4. The second-order valence-corrected chi connectivity index (χ2v) is 5.61. The molecule has 1 aromatic rings. The predicted molar refractivity (Wildman–Crippen MR) is 74.3 cm³/mol. The maximum Gasteiger partial charge on any atom is 0.416 e. The van der Waals surface area contributed by atoms with Crippen molar-refractivity contribution in [3.8, 4) is 0 Å². The summed E-state index contributed by atoms with van der Waals surface area (Å²) in [6.45, 7) is 3.97. The largest absolute Gasteiger partial charge is 0.416 e. The van der Waals surface area contributed by atoms with Gasteiger partial charge >= 0.3 is 6.18 Å². The van der Waals surface area contributed by atoms with Crippen LogP contribution in [0.5, 0.6) is 0 Å². The molecular formula is C13H16BrF3N2O. The molecule has 0 spiro atoms. The van der Waals surface area contributed by atoms with E-state index in [1.807, 2.05) is 13.8 Å². The summed E-state index contributed by atoms with van der Waals surface area (Å²) < 4.78 is 38.3. The molecule has 1 atom stereocenters. The fourth-order valence-corrected chi connectivity index (χ4v) is 2.05. The van der Waals surface area contributed by atoms with E-state index in [0.29, 0.717) is 4.47 Å². The molecule has 0 aliphatic carbocycles. The molecule has 7 heteroatoms. The Morgan fingerprint density at radius 3 is 2.45 bits per heavy atom. The first-order valence-electron chi connectivity index (χ1n) is 6.04. The minimum absolute atomic E-state index is 0.0566. The molecule has 20 heavy (non-hydrogen) atoms. The second-order valence-electron chi connectivity index (χ2n) is 4.75. The number of hydrogen-bond donors (Lipinski definition) is 2. The lowest BCUT2D eigenvalue weighted by atomic mass is 10.0. The zero-order chi connectivity index (χ0) is 15.5. The van der Waals surface area contributed by atoms with Crippen LogP contribution in [0.25, 0.3) is 0 Å². The third-order valence-corrected chi connectivity index (χ3v) is 3.60. The maximum atomic E-state index is 12.7. The number of carbonyl (C=O) groups excluding carboxylic acids is 1. The summed E-state index contributed by atoms with van der Waals surface area (Å²) in [6, 6.07) is 2.67. The first-order valence-corrected chi connectivity index (χ1v) is 6.83. The minimum atomic E-state index is -4.49. The zero-order valence-corrected chi connectivity index (χ0v) is 12.7. The Labute approximate surface area is 123 Å². The van der Waals surface area contributed by atoms with Crippen LogP contribution < -0.4 is 11.1 Å². The Kier molecular flexibility index (Phi) is 5.59. The fraction of sp³-hybridized carbons (Fsp3) is 0.462. The highest BCUT2D eigenvalue weighted by atomic mass is 79.9. The van der Waals surface area contributed by atoms with Gasteiger partial charge in [-0.3, -0.25) is 4.79 Å². The van der Waals surface area contributed by atoms with Crippen molar-refractivity contribution in [2.24, 2.45) is 11.7 Å². The molecule has 1 aromatic carbocycles. The van der Waals surface area contributed by atoms with Gasteiger partial charge in [0.15, 0.2) is 0 Å². The Hall–Kier alpha value is -1.08. The highest BCUT2D eigenvalue weighted by Crippen LogP contribution is 2.31. The summed E-state index contributed by atoms with van der Waals surface area (Å²) >= 11 is 3.09. The SMILES string of the molecule is CC(C)C(CN)NC(=O)c1cc(C(F)(F)F)ccc1Br. The van der Waals surface area contributed by atoms with E-state index in [0.717, 1.165) is 12.1 Å². The van der Waals surface area contributed by atoms with E-state index in [9.17, 15) is 18.0 Å². The van der Waals surface area contributed by atoms with Crippen LogP contribution in [-0.2, 0) is 6.18 Å². The Bertz CT molecular complexity index is 489. The molecule has 3 N–H and O–H groups in total. The van der Waals surface area contributed by atoms with E-state index in [2.05, 4.69) is 21.2 Å².